The fourth-order valence-electron chi connectivity index (χ4n) is 7.13. The van der Waals surface area contributed by atoms with Crippen LogP contribution in [0.25, 0.3) is 0 Å². The Bertz CT molecular complexity index is 1060. The van der Waals surface area contributed by atoms with Crippen molar-refractivity contribution < 1.29 is 32.9 Å². The van der Waals surface area contributed by atoms with Crippen molar-refractivity contribution in [1.29, 1.82) is 0 Å². The number of rotatable bonds is 45. The van der Waals surface area contributed by atoms with Gasteiger partial charge in [0.15, 0.2) is 0 Å². The van der Waals surface area contributed by atoms with E-state index in [4.69, 9.17) is 9.05 Å². The molecule has 0 aliphatic heterocycles. The van der Waals surface area contributed by atoms with Gasteiger partial charge in [-0.15, -0.1) is 0 Å². The van der Waals surface area contributed by atoms with Crippen LogP contribution in [0.15, 0.2) is 36.5 Å². The van der Waals surface area contributed by atoms with Crippen LogP contribution in [-0.2, 0) is 18.4 Å². The van der Waals surface area contributed by atoms with Crippen LogP contribution in [-0.4, -0.2) is 68.5 Å². The minimum atomic E-state index is -4.60. The lowest BCUT2D eigenvalue weighted by atomic mass is 10.0. The number of amides is 1. The first-order valence-electron chi connectivity index (χ1n) is 24.9. The average Bonchev–Trinajstić information content (AvgIpc) is 3.19. The number of hydrogen-bond donors (Lipinski definition) is 2. The standard InChI is InChI=1S/C50H97N2O6P/c1-6-8-10-12-14-16-18-19-20-21-22-23-24-25-26-27-28-29-30-31-32-33-34-35-37-39-41-43-49(53)48(47-58-59(55,56)57-46-45-52(3,4)5)51-50(54)44-42-40-38-36-17-15-13-11-9-7-2/h30-31,34-35,41,43,48-49,53H,6-29,32-33,36-40,42,44-47H2,1-5H3,(H-,51,54,55,56)/b31-30+,35-34+,43-41+. The summed E-state index contributed by atoms with van der Waals surface area (Å²) in [6.07, 6.45) is 52.3. The summed E-state index contributed by atoms with van der Waals surface area (Å²) < 4.78 is 23.2. The minimum absolute atomic E-state index is 0.00802. The van der Waals surface area contributed by atoms with Gasteiger partial charge in [-0.2, -0.15) is 0 Å². The lowest BCUT2D eigenvalue weighted by molar-refractivity contribution is -0.870. The molecule has 3 atom stereocenters. The van der Waals surface area contributed by atoms with Crippen LogP contribution in [0.2, 0.25) is 0 Å². The topological polar surface area (TPSA) is 108 Å². The van der Waals surface area contributed by atoms with Gasteiger partial charge in [0.05, 0.1) is 39.9 Å². The quantitative estimate of drug-likeness (QED) is 0.0273. The number of phosphoric acid groups is 1. The lowest BCUT2D eigenvalue weighted by Crippen LogP contribution is -2.45. The van der Waals surface area contributed by atoms with Crippen molar-refractivity contribution in [3.05, 3.63) is 36.5 Å². The Balaban J connectivity index is 4.25. The molecule has 0 saturated heterocycles. The first-order valence-corrected chi connectivity index (χ1v) is 26.3. The molecule has 0 radical (unpaired) electrons. The van der Waals surface area contributed by atoms with Crippen LogP contribution >= 0.6 is 7.82 Å². The zero-order valence-electron chi connectivity index (χ0n) is 39.5. The van der Waals surface area contributed by atoms with E-state index in [9.17, 15) is 19.4 Å². The summed E-state index contributed by atoms with van der Waals surface area (Å²) in [4.78, 5) is 25.2. The molecule has 8 nitrogen and oxygen atoms in total. The highest BCUT2D eigenvalue weighted by molar-refractivity contribution is 7.45. The number of aliphatic hydroxyl groups is 1. The van der Waals surface area contributed by atoms with Crippen molar-refractivity contribution in [2.75, 3.05) is 40.9 Å². The number of unbranched alkanes of at least 4 members (excludes halogenated alkanes) is 28. The molecule has 348 valence electrons. The summed E-state index contributed by atoms with van der Waals surface area (Å²) in [7, 11) is 1.24. The summed E-state index contributed by atoms with van der Waals surface area (Å²) in [5, 5.41) is 13.8. The highest BCUT2D eigenvalue weighted by Crippen LogP contribution is 2.38. The van der Waals surface area contributed by atoms with Crippen molar-refractivity contribution in [3.63, 3.8) is 0 Å². The SMILES string of the molecule is CCCCCCCCCCCCCCCCCCC/C=C/CC/C=C/CC/C=C/C(O)C(COP(=O)([O-])OCC[N+](C)(C)C)NC(=O)CCCCCCCCCCCC. The third-order valence-electron chi connectivity index (χ3n) is 11.1. The van der Waals surface area contributed by atoms with Gasteiger partial charge in [0, 0.05) is 6.42 Å². The van der Waals surface area contributed by atoms with Crippen molar-refractivity contribution in [3.8, 4) is 0 Å². The monoisotopic (exact) mass is 853 g/mol. The van der Waals surface area contributed by atoms with Crippen LogP contribution in [0, 0.1) is 0 Å². The van der Waals surface area contributed by atoms with Crippen LogP contribution in [0.1, 0.15) is 226 Å². The Morgan fingerprint density at radius 3 is 1.37 bits per heavy atom. The second-order valence-corrected chi connectivity index (χ2v) is 19.6. The second kappa shape index (κ2) is 42.0. The number of phosphoric ester groups is 1. The maximum atomic E-state index is 12.8. The summed E-state index contributed by atoms with van der Waals surface area (Å²) in [5.41, 5.74) is 0. The molecule has 0 spiro atoms. The van der Waals surface area contributed by atoms with Gasteiger partial charge in [0.1, 0.15) is 13.2 Å². The van der Waals surface area contributed by atoms with Gasteiger partial charge in [0.2, 0.25) is 5.91 Å². The molecule has 0 aromatic rings. The highest BCUT2D eigenvalue weighted by atomic mass is 31.2. The lowest BCUT2D eigenvalue weighted by Gasteiger charge is -2.29. The highest BCUT2D eigenvalue weighted by Gasteiger charge is 2.23. The van der Waals surface area contributed by atoms with E-state index in [0.717, 1.165) is 44.9 Å². The summed E-state index contributed by atoms with van der Waals surface area (Å²) in [6.45, 7) is 4.61. The second-order valence-electron chi connectivity index (χ2n) is 18.2. The molecular formula is C50H97N2O6P. The number of hydrogen-bond acceptors (Lipinski definition) is 6. The molecule has 3 unspecified atom stereocenters. The number of nitrogens with one attached hydrogen (secondary N) is 1. The van der Waals surface area contributed by atoms with Crippen molar-refractivity contribution in [2.45, 2.75) is 238 Å². The number of carbonyl (C=O) groups is 1. The Kier molecular flexibility index (Phi) is 41.1. The van der Waals surface area contributed by atoms with E-state index in [2.05, 4.69) is 43.5 Å². The molecule has 59 heavy (non-hydrogen) atoms. The Morgan fingerprint density at radius 1 is 0.576 bits per heavy atom. The Morgan fingerprint density at radius 2 is 0.949 bits per heavy atom. The van der Waals surface area contributed by atoms with E-state index >= 15 is 0 Å². The summed E-state index contributed by atoms with van der Waals surface area (Å²) >= 11 is 0. The zero-order valence-corrected chi connectivity index (χ0v) is 40.4. The van der Waals surface area contributed by atoms with Gasteiger partial charge >= 0.3 is 0 Å². The average molecular weight is 853 g/mol. The number of carbonyl (C=O) groups excluding carboxylic acids is 1. The molecular weight excluding hydrogens is 756 g/mol. The molecule has 0 aromatic heterocycles. The number of allylic oxidation sites excluding steroid dienone is 5. The molecule has 1 amide bonds. The third-order valence-corrected chi connectivity index (χ3v) is 12.0. The smallest absolute Gasteiger partial charge is 0.268 e. The normalized spacial score (nSPS) is 14.5. The predicted octanol–water partition coefficient (Wildman–Crippen LogP) is 13.6. The fourth-order valence-corrected chi connectivity index (χ4v) is 7.85. The predicted molar refractivity (Wildman–Crippen MR) is 251 cm³/mol. The molecule has 0 rings (SSSR count). The van der Waals surface area contributed by atoms with E-state index in [1.54, 1.807) is 6.08 Å². The zero-order chi connectivity index (χ0) is 43.6. The van der Waals surface area contributed by atoms with Crippen molar-refractivity contribution in [2.24, 2.45) is 0 Å². The van der Waals surface area contributed by atoms with Crippen LogP contribution in [0.5, 0.6) is 0 Å². The third kappa shape index (κ3) is 44.6. The van der Waals surface area contributed by atoms with E-state index < -0.39 is 26.6 Å². The molecule has 0 saturated carbocycles. The van der Waals surface area contributed by atoms with E-state index in [1.807, 2.05) is 27.2 Å². The molecule has 0 fully saturated rings. The van der Waals surface area contributed by atoms with Crippen molar-refractivity contribution in [1.82, 2.24) is 5.32 Å². The number of aliphatic hydroxyl groups excluding tert-OH is 1. The first kappa shape index (κ1) is 57.7. The van der Waals surface area contributed by atoms with Gasteiger partial charge in [-0.1, -0.05) is 211 Å². The van der Waals surface area contributed by atoms with E-state index in [1.165, 1.54) is 161 Å². The number of quaternary nitrogens is 1. The van der Waals surface area contributed by atoms with Gasteiger partial charge in [-0.05, 0) is 44.9 Å². The molecule has 9 heteroatoms. The maximum absolute atomic E-state index is 12.8. The van der Waals surface area contributed by atoms with Gasteiger partial charge < -0.3 is 28.8 Å². The Hall–Kier alpha value is -1.28. The van der Waals surface area contributed by atoms with E-state index in [0.29, 0.717) is 17.4 Å². The van der Waals surface area contributed by atoms with Gasteiger partial charge in [-0.25, -0.2) is 0 Å². The maximum Gasteiger partial charge on any atom is 0.268 e. The largest absolute Gasteiger partial charge is 0.756 e. The minimum Gasteiger partial charge on any atom is -0.756 e. The molecule has 0 aliphatic carbocycles. The first-order chi connectivity index (χ1) is 28.5. The fraction of sp³-hybridized carbons (Fsp3) is 0.860. The van der Waals surface area contributed by atoms with Crippen LogP contribution in [0.3, 0.4) is 0 Å². The summed E-state index contributed by atoms with van der Waals surface area (Å²) in [5.74, 6) is -0.213. The molecule has 2 N–H and O–H groups in total. The number of nitrogens with zero attached hydrogens (tertiary/aromatic N) is 1. The molecule has 0 bridgehead atoms. The Labute approximate surface area is 366 Å². The van der Waals surface area contributed by atoms with Gasteiger partial charge in [0.25, 0.3) is 7.82 Å². The van der Waals surface area contributed by atoms with Crippen molar-refractivity contribution >= 4 is 13.7 Å². The summed E-state index contributed by atoms with van der Waals surface area (Å²) in [6, 6.07) is -0.905. The van der Waals surface area contributed by atoms with E-state index in [-0.39, 0.29) is 12.5 Å². The van der Waals surface area contributed by atoms with Crippen LogP contribution < -0.4 is 10.2 Å². The molecule has 0 heterocycles. The molecule has 0 aromatic carbocycles. The molecule has 0 aliphatic rings. The van der Waals surface area contributed by atoms with Crippen LogP contribution in [0.4, 0.5) is 0 Å². The van der Waals surface area contributed by atoms with Gasteiger partial charge in [-0.3, -0.25) is 9.36 Å². The number of likely N-dealkylation sites (N-methyl/N-ethyl adjacent to an activating group) is 1.